The van der Waals surface area contributed by atoms with Crippen molar-refractivity contribution >= 4 is 21.9 Å². The van der Waals surface area contributed by atoms with Crippen LogP contribution in [0.1, 0.15) is 21.5 Å². The van der Waals surface area contributed by atoms with E-state index >= 15 is 0 Å². The number of carbonyl (C=O) groups excluding carboxylic acids is 2. The Labute approximate surface area is 151 Å². The van der Waals surface area contributed by atoms with E-state index in [0.29, 0.717) is 12.2 Å². The van der Waals surface area contributed by atoms with Crippen LogP contribution in [0.15, 0.2) is 47.4 Å². The van der Waals surface area contributed by atoms with Gasteiger partial charge >= 0.3 is 5.97 Å². The van der Waals surface area contributed by atoms with Crippen molar-refractivity contribution in [1.29, 1.82) is 0 Å². The molecule has 0 bridgehead atoms. The highest BCUT2D eigenvalue weighted by atomic mass is 32.2. The number of amides is 1. The lowest BCUT2D eigenvalue weighted by atomic mass is 10.1. The first-order valence-corrected chi connectivity index (χ1v) is 9.36. The Hall–Kier alpha value is -2.87. The van der Waals surface area contributed by atoms with Crippen LogP contribution in [0, 0.1) is 0 Å². The van der Waals surface area contributed by atoms with Crippen molar-refractivity contribution in [2.75, 3.05) is 13.7 Å². The van der Waals surface area contributed by atoms with Gasteiger partial charge in [0, 0.05) is 6.42 Å². The highest BCUT2D eigenvalue weighted by molar-refractivity contribution is 7.90. The zero-order valence-corrected chi connectivity index (χ0v) is 14.8. The van der Waals surface area contributed by atoms with Gasteiger partial charge in [-0.3, -0.25) is 4.79 Å². The Balaban J connectivity index is 1.77. The fourth-order valence-electron chi connectivity index (χ4n) is 2.76. The zero-order chi connectivity index (χ0) is 18.7. The average Bonchev–Trinajstić information content (AvgIpc) is 3.08. The third-order valence-electron chi connectivity index (χ3n) is 3.95. The van der Waals surface area contributed by atoms with Crippen molar-refractivity contribution in [1.82, 2.24) is 4.72 Å². The number of ether oxygens (including phenoxy) is 2. The summed E-state index contributed by atoms with van der Waals surface area (Å²) in [5, 5.41) is 0. The van der Waals surface area contributed by atoms with E-state index in [4.69, 9.17) is 4.74 Å². The van der Waals surface area contributed by atoms with E-state index in [0.717, 1.165) is 24.8 Å². The van der Waals surface area contributed by atoms with Crippen LogP contribution >= 0.6 is 0 Å². The summed E-state index contributed by atoms with van der Waals surface area (Å²) < 4.78 is 37.0. The van der Waals surface area contributed by atoms with Crippen LogP contribution in [0.3, 0.4) is 0 Å². The van der Waals surface area contributed by atoms with Crippen LogP contribution in [-0.2, 0) is 32.4 Å². The number of benzene rings is 2. The number of sulfonamides is 1. The largest absolute Gasteiger partial charge is 0.493 e. The second-order valence-electron chi connectivity index (χ2n) is 5.73. The van der Waals surface area contributed by atoms with E-state index in [1.807, 2.05) is 10.8 Å². The van der Waals surface area contributed by atoms with Gasteiger partial charge in [0.2, 0.25) is 5.91 Å². The molecule has 136 valence electrons. The predicted molar refractivity (Wildman–Crippen MR) is 92.5 cm³/mol. The summed E-state index contributed by atoms with van der Waals surface area (Å²) in [6.07, 6.45) is 0.655. The number of fused-ring (bicyclic) bond motifs is 1. The molecule has 1 aliphatic rings. The lowest BCUT2D eigenvalue weighted by Crippen LogP contribution is -2.32. The topological polar surface area (TPSA) is 98.8 Å². The first kappa shape index (κ1) is 17.9. The third kappa shape index (κ3) is 3.70. The minimum absolute atomic E-state index is 0.104. The Morgan fingerprint density at radius 3 is 2.73 bits per heavy atom. The SMILES string of the molecule is COC(=O)c1ccccc1S(=O)(=O)NC(=O)Cc1ccc2c(c1)CCO2. The molecule has 1 heterocycles. The summed E-state index contributed by atoms with van der Waals surface area (Å²) in [6, 6.07) is 10.9. The van der Waals surface area contributed by atoms with Crippen molar-refractivity contribution in [2.45, 2.75) is 17.7 Å². The van der Waals surface area contributed by atoms with Gasteiger partial charge in [-0.2, -0.15) is 0 Å². The van der Waals surface area contributed by atoms with Gasteiger partial charge in [0.1, 0.15) is 10.6 Å². The molecule has 0 unspecified atom stereocenters. The number of rotatable bonds is 5. The Morgan fingerprint density at radius 1 is 1.19 bits per heavy atom. The Morgan fingerprint density at radius 2 is 1.96 bits per heavy atom. The molecule has 0 saturated heterocycles. The highest BCUT2D eigenvalue weighted by Gasteiger charge is 2.24. The smallest absolute Gasteiger partial charge is 0.339 e. The maximum atomic E-state index is 12.5. The molecule has 0 atom stereocenters. The predicted octanol–water partition coefficient (Wildman–Crippen LogP) is 1.46. The first-order chi connectivity index (χ1) is 12.4. The zero-order valence-electron chi connectivity index (χ0n) is 14.0. The summed E-state index contributed by atoms with van der Waals surface area (Å²) in [6.45, 7) is 0.601. The first-order valence-electron chi connectivity index (χ1n) is 7.88. The maximum Gasteiger partial charge on any atom is 0.339 e. The van der Waals surface area contributed by atoms with Gasteiger partial charge in [0.05, 0.1) is 25.7 Å². The lowest BCUT2D eigenvalue weighted by Gasteiger charge is -2.10. The van der Waals surface area contributed by atoms with Crippen LogP contribution in [0.2, 0.25) is 0 Å². The van der Waals surface area contributed by atoms with E-state index in [1.165, 1.54) is 24.3 Å². The van der Waals surface area contributed by atoms with Crippen LogP contribution in [0.4, 0.5) is 0 Å². The summed E-state index contributed by atoms with van der Waals surface area (Å²) in [4.78, 5) is 23.7. The second kappa shape index (κ2) is 7.17. The van der Waals surface area contributed by atoms with E-state index in [2.05, 4.69) is 4.74 Å². The molecule has 2 aromatic carbocycles. The molecule has 8 heteroatoms. The van der Waals surface area contributed by atoms with E-state index in [9.17, 15) is 18.0 Å². The van der Waals surface area contributed by atoms with Crippen LogP contribution in [0.5, 0.6) is 5.75 Å². The molecule has 1 amide bonds. The number of hydrogen-bond acceptors (Lipinski definition) is 6. The van der Waals surface area contributed by atoms with E-state index in [-0.39, 0.29) is 16.9 Å². The standard InChI is InChI=1S/C18H17NO6S/c1-24-18(21)14-4-2-3-5-16(14)26(22,23)19-17(20)11-12-6-7-15-13(10-12)8-9-25-15/h2-7,10H,8-9,11H2,1H3,(H,19,20). The Bertz CT molecular complexity index is 967. The van der Waals surface area contributed by atoms with Gasteiger partial charge in [-0.15, -0.1) is 0 Å². The summed E-state index contributed by atoms with van der Waals surface area (Å²) in [5.41, 5.74) is 1.54. The van der Waals surface area contributed by atoms with Gasteiger partial charge in [0.25, 0.3) is 10.0 Å². The molecule has 2 aromatic rings. The van der Waals surface area contributed by atoms with Gasteiger partial charge < -0.3 is 9.47 Å². The Kier molecular flexibility index (Phi) is 4.94. The molecule has 3 rings (SSSR count). The summed E-state index contributed by atoms with van der Waals surface area (Å²) in [5.74, 6) is -0.700. The highest BCUT2D eigenvalue weighted by Crippen LogP contribution is 2.26. The van der Waals surface area contributed by atoms with Crippen LogP contribution in [-0.4, -0.2) is 34.0 Å². The van der Waals surface area contributed by atoms with Gasteiger partial charge in [-0.05, 0) is 29.3 Å². The monoisotopic (exact) mass is 375 g/mol. The number of nitrogens with one attached hydrogen (secondary N) is 1. The molecular weight excluding hydrogens is 358 g/mol. The van der Waals surface area contributed by atoms with Gasteiger partial charge in [0.15, 0.2) is 0 Å². The second-order valence-corrected chi connectivity index (χ2v) is 7.38. The van der Waals surface area contributed by atoms with Gasteiger partial charge in [-0.1, -0.05) is 24.3 Å². The molecule has 0 aromatic heterocycles. The molecule has 7 nitrogen and oxygen atoms in total. The van der Waals surface area contributed by atoms with Crippen LogP contribution in [0.25, 0.3) is 0 Å². The van der Waals surface area contributed by atoms with Crippen LogP contribution < -0.4 is 9.46 Å². The van der Waals surface area contributed by atoms with Crippen molar-refractivity contribution < 1.29 is 27.5 Å². The maximum absolute atomic E-state index is 12.5. The van der Waals surface area contributed by atoms with Gasteiger partial charge in [-0.25, -0.2) is 17.9 Å². The summed E-state index contributed by atoms with van der Waals surface area (Å²) in [7, 11) is -3.05. The van der Waals surface area contributed by atoms with Crippen molar-refractivity contribution in [3.63, 3.8) is 0 Å². The van der Waals surface area contributed by atoms with E-state index in [1.54, 1.807) is 12.1 Å². The van der Waals surface area contributed by atoms with E-state index < -0.39 is 21.9 Å². The fraction of sp³-hybridized carbons (Fsp3) is 0.222. The van der Waals surface area contributed by atoms with Crippen molar-refractivity contribution in [2.24, 2.45) is 0 Å². The number of carbonyl (C=O) groups is 2. The minimum atomic E-state index is -4.20. The molecule has 0 radical (unpaired) electrons. The molecular formula is C18H17NO6S. The molecule has 0 spiro atoms. The number of esters is 1. The lowest BCUT2D eigenvalue weighted by molar-refractivity contribution is -0.118. The normalized spacial score (nSPS) is 12.8. The molecule has 0 saturated carbocycles. The third-order valence-corrected chi connectivity index (χ3v) is 5.38. The average molecular weight is 375 g/mol. The molecule has 0 fully saturated rings. The molecule has 26 heavy (non-hydrogen) atoms. The van der Waals surface area contributed by atoms with Crippen molar-refractivity contribution in [3.8, 4) is 5.75 Å². The molecule has 1 aliphatic heterocycles. The number of methoxy groups -OCH3 is 1. The van der Waals surface area contributed by atoms with Crippen molar-refractivity contribution in [3.05, 3.63) is 59.2 Å². The summed E-state index contributed by atoms with van der Waals surface area (Å²) >= 11 is 0. The molecule has 1 N–H and O–H groups in total. The molecule has 0 aliphatic carbocycles. The fourth-order valence-corrected chi connectivity index (χ4v) is 3.94. The number of hydrogen-bond donors (Lipinski definition) is 1. The minimum Gasteiger partial charge on any atom is -0.493 e. The quantitative estimate of drug-likeness (QED) is 0.795.